The molecule has 0 bridgehead atoms. The van der Waals surface area contributed by atoms with Gasteiger partial charge >= 0.3 is 0 Å². The summed E-state index contributed by atoms with van der Waals surface area (Å²) in [6.07, 6.45) is 0. The van der Waals surface area contributed by atoms with Crippen molar-refractivity contribution >= 4 is 57.3 Å². The fraction of sp³-hybridized carbons (Fsp3) is 0. The first-order valence-corrected chi connectivity index (χ1v) is 5.20. The summed E-state index contributed by atoms with van der Waals surface area (Å²) in [6, 6.07) is 5.00. The minimum absolute atomic E-state index is 0.298. The van der Waals surface area contributed by atoms with E-state index in [0.29, 0.717) is 25.7 Å². The van der Waals surface area contributed by atoms with Crippen LogP contribution in [0.2, 0.25) is 20.2 Å². The Morgan fingerprint density at radius 2 is 1.64 bits per heavy atom. The summed E-state index contributed by atoms with van der Waals surface area (Å²) in [6.45, 7) is 0. The summed E-state index contributed by atoms with van der Waals surface area (Å²) in [5.41, 5.74) is 0.525. The van der Waals surface area contributed by atoms with Crippen molar-refractivity contribution in [3.63, 3.8) is 0 Å². The molecule has 0 fully saturated rings. The summed E-state index contributed by atoms with van der Waals surface area (Å²) >= 11 is 23.5. The molecule has 2 rings (SSSR count). The van der Waals surface area contributed by atoms with Gasteiger partial charge in [-0.15, -0.1) is 0 Å². The SMILES string of the molecule is Clc1cc(Cl)c2ccc(Cl)c(Cl)c2n1. The van der Waals surface area contributed by atoms with E-state index in [-0.39, 0.29) is 0 Å². The molecule has 0 radical (unpaired) electrons. The van der Waals surface area contributed by atoms with E-state index in [4.69, 9.17) is 46.4 Å². The van der Waals surface area contributed by atoms with Crippen LogP contribution in [-0.2, 0) is 0 Å². The number of fused-ring (bicyclic) bond motifs is 1. The first kappa shape index (κ1) is 10.3. The predicted molar refractivity (Wildman–Crippen MR) is 61.8 cm³/mol. The molecule has 0 saturated carbocycles. The fourth-order valence-electron chi connectivity index (χ4n) is 1.16. The first-order valence-electron chi connectivity index (χ1n) is 3.69. The van der Waals surface area contributed by atoms with Gasteiger partial charge < -0.3 is 0 Å². The maximum Gasteiger partial charge on any atom is 0.131 e. The van der Waals surface area contributed by atoms with Crippen LogP contribution in [0.3, 0.4) is 0 Å². The lowest BCUT2D eigenvalue weighted by Crippen LogP contribution is -1.83. The van der Waals surface area contributed by atoms with Gasteiger partial charge in [0.05, 0.1) is 20.6 Å². The summed E-state index contributed by atoms with van der Waals surface area (Å²) in [4.78, 5) is 4.06. The third kappa shape index (κ3) is 1.66. The zero-order valence-electron chi connectivity index (χ0n) is 6.69. The molecule has 1 nitrogen and oxygen atoms in total. The van der Waals surface area contributed by atoms with E-state index in [1.807, 2.05) is 0 Å². The van der Waals surface area contributed by atoms with Crippen molar-refractivity contribution in [3.8, 4) is 0 Å². The van der Waals surface area contributed by atoms with Crippen molar-refractivity contribution in [2.75, 3.05) is 0 Å². The van der Waals surface area contributed by atoms with Gasteiger partial charge in [-0.1, -0.05) is 46.4 Å². The Balaban J connectivity index is 2.95. The van der Waals surface area contributed by atoms with Gasteiger partial charge in [-0.3, -0.25) is 0 Å². The van der Waals surface area contributed by atoms with Crippen LogP contribution in [0.25, 0.3) is 10.9 Å². The maximum atomic E-state index is 5.96. The zero-order valence-corrected chi connectivity index (χ0v) is 9.71. The molecule has 0 aliphatic rings. The number of rotatable bonds is 0. The molecule has 0 saturated heterocycles. The smallest absolute Gasteiger partial charge is 0.131 e. The van der Waals surface area contributed by atoms with Crippen molar-refractivity contribution in [1.82, 2.24) is 4.98 Å². The quantitative estimate of drug-likeness (QED) is 0.622. The largest absolute Gasteiger partial charge is 0.234 e. The molecule has 14 heavy (non-hydrogen) atoms. The average Bonchev–Trinajstić information content (AvgIpc) is 2.12. The Bertz CT molecular complexity index is 510. The predicted octanol–water partition coefficient (Wildman–Crippen LogP) is 4.85. The van der Waals surface area contributed by atoms with Gasteiger partial charge in [0.1, 0.15) is 5.15 Å². The van der Waals surface area contributed by atoms with Crippen LogP contribution in [0, 0.1) is 0 Å². The van der Waals surface area contributed by atoms with Gasteiger partial charge in [0.15, 0.2) is 0 Å². The van der Waals surface area contributed by atoms with Crippen molar-refractivity contribution in [1.29, 1.82) is 0 Å². The van der Waals surface area contributed by atoms with E-state index in [0.717, 1.165) is 5.39 Å². The van der Waals surface area contributed by atoms with Gasteiger partial charge in [0.25, 0.3) is 0 Å². The molecule has 5 heteroatoms. The van der Waals surface area contributed by atoms with Crippen molar-refractivity contribution in [2.45, 2.75) is 0 Å². The second-order valence-electron chi connectivity index (χ2n) is 2.68. The average molecular weight is 267 g/mol. The monoisotopic (exact) mass is 265 g/mol. The lowest BCUT2D eigenvalue weighted by Gasteiger charge is -2.03. The number of hydrogen-bond donors (Lipinski definition) is 0. The minimum Gasteiger partial charge on any atom is -0.234 e. The van der Waals surface area contributed by atoms with Gasteiger partial charge in [-0.05, 0) is 18.2 Å². The van der Waals surface area contributed by atoms with Gasteiger partial charge in [-0.25, -0.2) is 4.98 Å². The number of halogens is 4. The highest BCUT2D eigenvalue weighted by Gasteiger charge is 2.09. The Morgan fingerprint density at radius 1 is 0.929 bits per heavy atom. The number of hydrogen-bond acceptors (Lipinski definition) is 1. The molecule has 0 N–H and O–H groups in total. The van der Waals surface area contributed by atoms with Gasteiger partial charge in [0.2, 0.25) is 0 Å². The van der Waals surface area contributed by atoms with E-state index >= 15 is 0 Å². The van der Waals surface area contributed by atoms with Crippen LogP contribution in [-0.4, -0.2) is 4.98 Å². The third-order valence-corrected chi connectivity index (χ3v) is 3.09. The molecule has 72 valence electrons. The second kappa shape index (κ2) is 3.74. The van der Waals surface area contributed by atoms with Gasteiger partial charge in [0, 0.05) is 5.39 Å². The molecule has 0 spiro atoms. The molecule has 1 aromatic carbocycles. The summed E-state index contributed by atoms with van der Waals surface area (Å²) in [5, 5.41) is 2.36. The highest BCUT2D eigenvalue weighted by Crippen LogP contribution is 2.34. The Morgan fingerprint density at radius 3 is 2.36 bits per heavy atom. The van der Waals surface area contributed by atoms with Crippen molar-refractivity contribution < 1.29 is 0 Å². The molecule has 0 aliphatic carbocycles. The molecule has 0 amide bonds. The number of benzene rings is 1. The maximum absolute atomic E-state index is 5.96. The number of nitrogens with zero attached hydrogens (tertiary/aromatic N) is 1. The van der Waals surface area contributed by atoms with Crippen LogP contribution >= 0.6 is 46.4 Å². The lowest BCUT2D eigenvalue weighted by molar-refractivity contribution is 1.41. The Hall–Kier alpha value is -0.210. The molecular formula is C9H3Cl4N. The van der Waals surface area contributed by atoms with Crippen LogP contribution in [0.1, 0.15) is 0 Å². The molecule has 0 atom stereocenters. The van der Waals surface area contributed by atoms with Crippen molar-refractivity contribution in [2.24, 2.45) is 0 Å². The minimum atomic E-state index is 0.298. The fourth-order valence-corrected chi connectivity index (χ4v) is 2.03. The standard InChI is InChI=1S/C9H3Cl4N/c10-5-2-1-4-6(11)3-7(12)14-9(4)8(5)13/h1-3H. The van der Waals surface area contributed by atoms with E-state index in [2.05, 4.69) is 4.98 Å². The van der Waals surface area contributed by atoms with Crippen molar-refractivity contribution in [3.05, 3.63) is 38.4 Å². The van der Waals surface area contributed by atoms with E-state index in [9.17, 15) is 0 Å². The summed E-state index contributed by atoms with van der Waals surface area (Å²) < 4.78 is 0. The Kier molecular flexibility index (Phi) is 2.76. The van der Waals surface area contributed by atoms with E-state index in [1.165, 1.54) is 0 Å². The highest BCUT2D eigenvalue weighted by atomic mass is 35.5. The van der Waals surface area contributed by atoms with Gasteiger partial charge in [-0.2, -0.15) is 0 Å². The molecule has 2 aromatic rings. The molecule has 1 aromatic heterocycles. The van der Waals surface area contributed by atoms with Crippen LogP contribution in [0.5, 0.6) is 0 Å². The van der Waals surface area contributed by atoms with E-state index < -0.39 is 0 Å². The number of pyridine rings is 1. The third-order valence-electron chi connectivity index (χ3n) is 1.79. The molecule has 1 heterocycles. The molecule has 0 aliphatic heterocycles. The normalized spacial score (nSPS) is 10.9. The van der Waals surface area contributed by atoms with Crippen LogP contribution < -0.4 is 0 Å². The summed E-state index contributed by atoms with van der Waals surface area (Å²) in [5.74, 6) is 0. The second-order valence-corrected chi connectivity index (χ2v) is 4.26. The molecular weight excluding hydrogens is 264 g/mol. The van der Waals surface area contributed by atoms with Crippen LogP contribution in [0.15, 0.2) is 18.2 Å². The first-order chi connectivity index (χ1) is 6.59. The highest BCUT2D eigenvalue weighted by molar-refractivity contribution is 6.46. The topological polar surface area (TPSA) is 12.9 Å². The Labute approximate surface area is 101 Å². The molecule has 0 unspecified atom stereocenters. The summed E-state index contributed by atoms with van der Waals surface area (Å²) in [7, 11) is 0. The zero-order chi connectivity index (χ0) is 10.3. The van der Waals surface area contributed by atoms with E-state index in [1.54, 1.807) is 18.2 Å². The van der Waals surface area contributed by atoms with Crippen LogP contribution in [0.4, 0.5) is 0 Å². The lowest BCUT2D eigenvalue weighted by atomic mass is 10.2. The number of aromatic nitrogens is 1.